The van der Waals surface area contributed by atoms with Crippen LogP contribution in [0.15, 0.2) is 22.7 Å². The molecule has 1 aliphatic rings. The second-order valence-electron chi connectivity index (χ2n) is 5.29. The Bertz CT molecular complexity index is 542. The third-order valence-corrected chi connectivity index (χ3v) is 4.54. The number of anilines is 1. The quantitative estimate of drug-likeness (QED) is 0.817. The van der Waals surface area contributed by atoms with Crippen molar-refractivity contribution in [2.45, 2.75) is 32.2 Å². The van der Waals surface area contributed by atoms with Crippen LogP contribution in [0.4, 0.5) is 5.69 Å². The maximum absolute atomic E-state index is 12.3. The van der Waals surface area contributed by atoms with Gasteiger partial charge in [0, 0.05) is 18.8 Å². The van der Waals surface area contributed by atoms with E-state index in [1.807, 2.05) is 4.90 Å². The van der Waals surface area contributed by atoms with Gasteiger partial charge in [-0.15, -0.1) is 0 Å². The number of benzene rings is 1. The average molecular weight is 354 g/mol. The van der Waals surface area contributed by atoms with Gasteiger partial charge in [0.2, 0.25) is 5.91 Å². The third-order valence-electron chi connectivity index (χ3n) is 3.66. The molecule has 0 aromatic heterocycles. The minimum absolute atomic E-state index is 0.0249. The number of amides is 2. The minimum Gasteiger partial charge on any atom is -0.398 e. The highest BCUT2D eigenvalue weighted by atomic mass is 79.9. The molecule has 1 atom stereocenters. The van der Waals surface area contributed by atoms with Gasteiger partial charge in [0.1, 0.15) is 6.04 Å². The van der Waals surface area contributed by atoms with Crippen molar-refractivity contribution in [1.82, 2.24) is 10.2 Å². The van der Waals surface area contributed by atoms with Crippen molar-refractivity contribution in [3.8, 4) is 0 Å². The molecule has 1 saturated heterocycles. The second kappa shape index (κ2) is 6.93. The Labute approximate surface area is 133 Å². The number of halogens is 1. The number of hydrogen-bond acceptors (Lipinski definition) is 3. The summed E-state index contributed by atoms with van der Waals surface area (Å²) < 4.78 is 0.556. The number of nitrogens with zero attached hydrogens (tertiary/aromatic N) is 1. The van der Waals surface area contributed by atoms with Crippen molar-refractivity contribution >= 4 is 33.4 Å². The number of carbonyl (C=O) groups is 2. The van der Waals surface area contributed by atoms with E-state index in [9.17, 15) is 9.59 Å². The van der Waals surface area contributed by atoms with Gasteiger partial charge < -0.3 is 16.0 Å². The first kappa shape index (κ1) is 15.8. The lowest BCUT2D eigenvalue weighted by atomic mass is 10.1. The van der Waals surface area contributed by atoms with E-state index in [-0.39, 0.29) is 11.8 Å². The van der Waals surface area contributed by atoms with Crippen molar-refractivity contribution in [1.29, 1.82) is 0 Å². The molecule has 0 spiro atoms. The molecular weight excluding hydrogens is 334 g/mol. The highest BCUT2D eigenvalue weighted by molar-refractivity contribution is 9.10. The molecule has 1 unspecified atom stereocenters. The molecule has 0 bridgehead atoms. The molecule has 2 rings (SSSR count). The fourth-order valence-corrected chi connectivity index (χ4v) is 2.89. The Kier molecular flexibility index (Phi) is 5.22. The van der Waals surface area contributed by atoms with Crippen LogP contribution in [0.5, 0.6) is 0 Å². The Hall–Kier alpha value is -1.56. The molecule has 6 heteroatoms. The largest absolute Gasteiger partial charge is 0.398 e. The summed E-state index contributed by atoms with van der Waals surface area (Å²) in [6, 6.07) is 4.56. The van der Waals surface area contributed by atoms with Gasteiger partial charge in [0.05, 0.1) is 10.0 Å². The molecule has 1 fully saturated rings. The second-order valence-corrected chi connectivity index (χ2v) is 6.08. The minimum atomic E-state index is -0.538. The highest BCUT2D eigenvalue weighted by Gasteiger charge is 2.24. The van der Waals surface area contributed by atoms with E-state index < -0.39 is 6.04 Å². The van der Waals surface area contributed by atoms with Gasteiger partial charge in [-0.05, 0) is 54.2 Å². The van der Waals surface area contributed by atoms with Crippen LogP contribution in [-0.2, 0) is 4.79 Å². The number of carbonyl (C=O) groups excluding carboxylic acids is 2. The van der Waals surface area contributed by atoms with Gasteiger partial charge >= 0.3 is 0 Å². The number of nitrogens with one attached hydrogen (secondary N) is 1. The first-order chi connectivity index (χ1) is 10.0. The lowest BCUT2D eigenvalue weighted by molar-refractivity contribution is -0.133. The van der Waals surface area contributed by atoms with Crippen LogP contribution in [0, 0.1) is 0 Å². The van der Waals surface area contributed by atoms with E-state index in [2.05, 4.69) is 21.2 Å². The average Bonchev–Trinajstić information content (AvgIpc) is 2.50. The highest BCUT2D eigenvalue weighted by Crippen LogP contribution is 2.23. The van der Waals surface area contributed by atoms with E-state index in [0.717, 1.165) is 25.9 Å². The summed E-state index contributed by atoms with van der Waals surface area (Å²) in [6.07, 6.45) is 3.24. The number of likely N-dealkylation sites (tertiary alicyclic amines) is 1. The first-order valence-corrected chi connectivity index (χ1v) is 7.93. The predicted octanol–water partition coefficient (Wildman–Crippen LogP) is 2.16. The molecule has 0 aliphatic carbocycles. The standard InChI is InChI=1S/C15H20BrN3O2/c1-10(15(21)19-8-3-2-4-9-19)18-14(20)11-6-5-7-12(17)13(11)16/h5-7,10H,2-4,8-9,17H2,1H3,(H,18,20). The summed E-state index contributed by atoms with van der Waals surface area (Å²) >= 11 is 3.30. The van der Waals surface area contributed by atoms with Gasteiger partial charge in [0.15, 0.2) is 0 Å². The van der Waals surface area contributed by atoms with Crippen LogP contribution in [-0.4, -0.2) is 35.8 Å². The Morgan fingerprint density at radius 3 is 2.62 bits per heavy atom. The van der Waals surface area contributed by atoms with E-state index in [1.165, 1.54) is 6.42 Å². The molecule has 0 saturated carbocycles. The lowest BCUT2D eigenvalue weighted by Crippen LogP contribution is -2.48. The molecule has 1 aliphatic heterocycles. The van der Waals surface area contributed by atoms with Crippen LogP contribution in [0.3, 0.4) is 0 Å². The van der Waals surface area contributed by atoms with Gasteiger partial charge in [0.25, 0.3) is 5.91 Å². The summed E-state index contributed by atoms with van der Waals surface area (Å²) in [7, 11) is 0. The molecule has 5 nitrogen and oxygen atoms in total. The van der Waals surface area contributed by atoms with Crippen molar-refractivity contribution < 1.29 is 9.59 Å². The fourth-order valence-electron chi connectivity index (χ4n) is 2.45. The van der Waals surface area contributed by atoms with Gasteiger partial charge in [-0.3, -0.25) is 9.59 Å². The molecule has 1 aromatic rings. The molecule has 114 valence electrons. The summed E-state index contributed by atoms with van der Waals surface area (Å²) in [5, 5.41) is 2.75. The topological polar surface area (TPSA) is 75.4 Å². The lowest BCUT2D eigenvalue weighted by Gasteiger charge is -2.29. The number of hydrogen-bond donors (Lipinski definition) is 2. The normalized spacial score (nSPS) is 16.4. The van der Waals surface area contributed by atoms with Crippen LogP contribution in [0.2, 0.25) is 0 Å². The number of rotatable bonds is 3. The van der Waals surface area contributed by atoms with Gasteiger partial charge in [-0.2, -0.15) is 0 Å². The molecule has 21 heavy (non-hydrogen) atoms. The summed E-state index contributed by atoms with van der Waals surface area (Å²) in [5.41, 5.74) is 6.70. The summed E-state index contributed by atoms with van der Waals surface area (Å²) in [4.78, 5) is 26.4. The Morgan fingerprint density at radius 2 is 1.95 bits per heavy atom. The molecule has 1 heterocycles. The summed E-state index contributed by atoms with van der Waals surface area (Å²) in [6.45, 7) is 3.27. The monoisotopic (exact) mass is 353 g/mol. The Morgan fingerprint density at radius 1 is 1.29 bits per heavy atom. The smallest absolute Gasteiger partial charge is 0.253 e. The maximum atomic E-state index is 12.3. The van der Waals surface area contributed by atoms with E-state index >= 15 is 0 Å². The first-order valence-electron chi connectivity index (χ1n) is 7.14. The molecular formula is C15H20BrN3O2. The van der Waals surface area contributed by atoms with Gasteiger partial charge in [-0.1, -0.05) is 6.07 Å². The number of nitrogens with two attached hydrogens (primary N) is 1. The number of nitrogen functional groups attached to an aromatic ring is 1. The SMILES string of the molecule is CC(NC(=O)c1cccc(N)c1Br)C(=O)N1CCCCC1. The number of piperidine rings is 1. The van der Waals surface area contributed by atoms with Crippen LogP contribution < -0.4 is 11.1 Å². The molecule has 0 radical (unpaired) electrons. The van der Waals surface area contributed by atoms with Crippen molar-refractivity contribution in [3.63, 3.8) is 0 Å². The van der Waals surface area contributed by atoms with Crippen LogP contribution in [0.25, 0.3) is 0 Å². The maximum Gasteiger partial charge on any atom is 0.253 e. The predicted molar refractivity (Wildman–Crippen MR) is 85.9 cm³/mol. The van der Waals surface area contributed by atoms with E-state index in [4.69, 9.17) is 5.73 Å². The molecule has 1 aromatic carbocycles. The zero-order valence-corrected chi connectivity index (χ0v) is 13.6. The molecule has 2 amide bonds. The zero-order valence-electron chi connectivity index (χ0n) is 12.1. The zero-order chi connectivity index (χ0) is 15.4. The van der Waals surface area contributed by atoms with Crippen LogP contribution in [0.1, 0.15) is 36.5 Å². The van der Waals surface area contributed by atoms with E-state index in [0.29, 0.717) is 15.7 Å². The van der Waals surface area contributed by atoms with Crippen molar-refractivity contribution in [3.05, 3.63) is 28.2 Å². The van der Waals surface area contributed by atoms with Crippen molar-refractivity contribution in [2.24, 2.45) is 0 Å². The fraction of sp³-hybridized carbons (Fsp3) is 0.467. The third kappa shape index (κ3) is 3.75. The Balaban J connectivity index is 2.01. The molecule has 3 N–H and O–H groups in total. The van der Waals surface area contributed by atoms with Gasteiger partial charge in [-0.25, -0.2) is 0 Å². The summed E-state index contributed by atoms with van der Waals surface area (Å²) in [5.74, 6) is -0.324. The van der Waals surface area contributed by atoms with Crippen LogP contribution >= 0.6 is 15.9 Å². The van der Waals surface area contributed by atoms with E-state index in [1.54, 1.807) is 25.1 Å². The van der Waals surface area contributed by atoms with Crippen molar-refractivity contribution in [2.75, 3.05) is 18.8 Å².